The molecule has 0 aromatic heterocycles. The van der Waals surface area contributed by atoms with E-state index in [2.05, 4.69) is 212 Å². The minimum absolute atomic E-state index is 0.535. The number of hydrogen-bond donors (Lipinski definition) is 0. The second-order valence-electron chi connectivity index (χ2n) is 14.1. The fourth-order valence-corrected chi connectivity index (χ4v) is 11.9. The summed E-state index contributed by atoms with van der Waals surface area (Å²) in [6, 6.07) is 72.9. The van der Waals surface area contributed by atoms with Gasteiger partial charge in [0.2, 0.25) is 0 Å². The summed E-state index contributed by atoms with van der Waals surface area (Å²) in [5, 5.41) is 2.93. The van der Waals surface area contributed by atoms with Gasteiger partial charge in [0.05, 0.1) is 5.41 Å². The quantitative estimate of drug-likeness (QED) is 0.166. The van der Waals surface area contributed by atoms with Crippen LogP contribution in [0.5, 0.6) is 11.5 Å². The Morgan fingerprint density at radius 1 is 0.396 bits per heavy atom. The molecule has 252 valence electrons. The molecule has 3 heteroatoms. The number of anilines is 3. The summed E-state index contributed by atoms with van der Waals surface area (Å²) in [4.78, 5) is 2.49. The molecule has 8 aromatic carbocycles. The Kier molecular flexibility index (Phi) is 7.48. The van der Waals surface area contributed by atoms with Crippen LogP contribution in [0.3, 0.4) is 0 Å². The van der Waals surface area contributed by atoms with E-state index in [0.29, 0.717) is 0 Å². The topological polar surface area (TPSA) is 12.5 Å². The van der Waals surface area contributed by atoms with Crippen molar-refractivity contribution < 1.29 is 4.74 Å². The number of para-hydroxylation sites is 2. The average molecular weight is 696 g/mol. The molecule has 1 spiro atoms. The first-order chi connectivity index (χ1) is 26.2. The van der Waals surface area contributed by atoms with Crippen LogP contribution in [0.1, 0.15) is 22.3 Å². The molecule has 2 aliphatic heterocycles. The number of fused-ring (bicyclic) bond motifs is 8. The van der Waals surface area contributed by atoms with Gasteiger partial charge in [-0.1, -0.05) is 169 Å². The van der Waals surface area contributed by atoms with Crippen LogP contribution in [0.4, 0.5) is 17.1 Å². The van der Waals surface area contributed by atoms with Gasteiger partial charge in [0.1, 0.15) is 20.3 Å². The van der Waals surface area contributed by atoms with Gasteiger partial charge < -0.3 is 9.64 Å². The zero-order chi connectivity index (χ0) is 35.4. The maximum Gasteiger partial charge on any atom is 0.132 e. The Hall–Kier alpha value is -6.42. The van der Waals surface area contributed by atoms with E-state index in [9.17, 15) is 0 Å². The number of nitrogens with zero attached hydrogens (tertiary/aromatic N) is 1. The lowest BCUT2D eigenvalue weighted by molar-refractivity contribution is 0.435. The summed E-state index contributed by atoms with van der Waals surface area (Å²) < 4.78 is 6.67. The molecule has 0 fully saturated rings. The van der Waals surface area contributed by atoms with Crippen molar-refractivity contribution in [3.8, 4) is 33.8 Å². The lowest BCUT2D eigenvalue weighted by Crippen LogP contribution is -2.56. The maximum absolute atomic E-state index is 6.67. The highest BCUT2D eigenvalue weighted by molar-refractivity contribution is 6.86. The zero-order valence-electron chi connectivity index (χ0n) is 29.5. The molecule has 2 heterocycles. The molecule has 1 unspecified atom stereocenters. The fourth-order valence-electron chi connectivity index (χ4n) is 8.92. The lowest BCUT2D eigenvalue weighted by atomic mass is 9.63. The van der Waals surface area contributed by atoms with Gasteiger partial charge >= 0.3 is 0 Å². The van der Waals surface area contributed by atoms with Gasteiger partial charge in [0, 0.05) is 28.2 Å². The first-order valence-corrected chi connectivity index (χ1v) is 20.7. The van der Waals surface area contributed by atoms with Crippen molar-refractivity contribution >= 4 is 36.2 Å². The molecule has 0 aliphatic carbocycles. The highest BCUT2D eigenvalue weighted by Crippen LogP contribution is 2.56. The van der Waals surface area contributed by atoms with Crippen LogP contribution in [0.15, 0.2) is 200 Å². The Bertz CT molecular complexity index is 2470. The van der Waals surface area contributed by atoms with Crippen molar-refractivity contribution in [3.05, 3.63) is 222 Å². The molecular weight excluding hydrogens is 659 g/mol. The molecule has 0 N–H and O–H groups in total. The Balaban J connectivity index is 1.24. The predicted molar refractivity (Wildman–Crippen MR) is 223 cm³/mol. The smallest absolute Gasteiger partial charge is 0.132 e. The van der Waals surface area contributed by atoms with Crippen LogP contribution in [0.25, 0.3) is 22.3 Å². The fraction of sp³-hybridized carbons (Fsp3) is 0.0400. The third kappa shape index (κ3) is 4.92. The molecule has 0 radical (unpaired) electrons. The largest absolute Gasteiger partial charge is 0.457 e. The third-order valence-electron chi connectivity index (χ3n) is 11.3. The minimum atomic E-state index is -1.76. The van der Waals surface area contributed by atoms with E-state index < -0.39 is 14.2 Å². The highest BCUT2D eigenvalue weighted by Gasteiger charge is 2.51. The lowest BCUT2D eigenvalue weighted by Gasteiger charge is -2.48. The molecule has 1 atom stereocenters. The van der Waals surface area contributed by atoms with Crippen molar-refractivity contribution in [2.45, 2.75) is 12.0 Å². The van der Waals surface area contributed by atoms with E-state index in [1.807, 2.05) is 0 Å². The van der Waals surface area contributed by atoms with E-state index in [1.165, 1.54) is 60.6 Å². The molecule has 0 saturated carbocycles. The van der Waals surface area contributed by atoms with E-state index in [1.54, 1.807) is 0 Å². The van der Waals surface area contributed by atoms with Crippen LogP contribution in [0, 0.1) is 0 Å². The molecule has 0 amide bonds. The Labute approximate surface area is 312 Å². The van der Waals surface area contributed by atoms with Gasteiger partial charge in [0.15, 0.2) is 0 Å². The summed E-state index contributed by atoms with van der Waals surface area (Å²) in [6.45, 7) is 2.51. The molecule has 10 rings (SSSR count). The number of benzene rings is 8. The maximum atomic E-state index is 6.67. The van der Waals surface area contributed by atoms with Crippen molar-refractivity contribution in [1.82, 2.24) is 0 Å². The normalized spacial score (nSPS) is 14.6. The van der Waals surface area contributed by atoms with Crippen LogP contribution in [-0.4, -0.2) is 8.80 Å². The van der Waals surface area contributed by atoms with Crippen molar-refractivity contribution in [2.75, 3.05) is 4.90 Å². The van der Waals surface area contributed by atoms with Gasteiger partial charge in [-0.05, 0) is 81.0 Å². The summed E-state index contributed by atoms with van der Waals surface area (Å²) in [5.74, 6) is 1.83. The Morgan fingerprint density at radius 3 is 1.38 bits per heavy atom. The first-order valence-electron chi connectivity index (χ1n) is 18.4. The monoisotopic (exact) mass is 695 g/mol. The van der Waals surface area contributed by atoms with E-state index in [-0.39, 0.29) is 0 Å². The Morgan fingerprint density at radius 2 is 0.830 bits per heavy atom. The summed E-state index contributed by atoms with van der Waals surface area (Å²) >= 11 is 0. The standard InChI is InChI=1S/C50H37NOSi/c1-53-48-26-13-10-21-43(48)50(41-19-8-11-24-46(41)52-47-25-12-9-20-42(47)50)44-22-14-23-45(49(44)53)51(39-31-27-37(28-32-39)35-15-4-2-5-16-35)40-33-29-38(30-34-40)36-17-6-3-7-18-36/h2-34,53H,1H3. The van der Waals surface area contributed by atoms with Gasteiger partial charge in [-0.3, -0.25) is 0 Å². The van der Waals surface area contributed by atoms with Gasteiger partial charge in [-0.15, -0.1) is 0 Å². The second kappa shape index (κ2) is 12.7. The molecule has 0 saturated heterocycles. The minimum Gasteiger partial charge on any atom is -0.457 e. The van der Waals surface area contributed by atoms with Gasteiger partial charge in [0.25, 0.3) is 0 Å². The molecule has 2 nitrogen and oxygen atoms in total. The molecule has 2 aliphatic rings. The summed E-state index contributed by atoms with van der Waals surface area (Å²) in [5.41, 5.74) is 12.9. The van der Waals surface area contributed by atoms with Crippen LogP contribution in [-0.2, 0) is 5.41 Å². The molecule has 53 heavy (non-hydrogen) atoms. The van der Waals surface area contributed by atoms with Crippen molar-refractivity contribution in [1.29, 1.82) is 0 Å². The van der Waals surface area contributed by atoms with Crippen LogP contribution >= 0.6 is 0 Å². The predicted octanol–water partition coefficient (Wildman–Crippen LogP) is 11.3. The van der Waals surface area contributed by atoms with E-state index in [0.717, 1.165) is 22.9 Å². The van der Waals surface area contributed by atoms with Crippen LogP contribution in [0.2, 0.25) is 6.55 Å². The van der Waals surface area contributed by atoms with Gasteiger partial charge in [-0.2, -0.15) is 0 Å². The number of hydrogen-bond acceptors (Lipinski definition) is 2. The number of rotatable bonds is 5. The molecular formula is C50H37NOSi. The molecule has 0 bridgehead atoms. The second-order valence-corrected chi connectivity index (χ2v) is 16.7. The van der Waals surface area contributed by atoms with Crippen molar-refractivity contribution in [2.24, 2.45) is 0 Å². The third-order valence-corrected chi connectivity index (χ3v) is 14.2. The first kappa shape index (κ1) is 31.3. The number of ether oxygens (including phenoxy) is 1. The zero-order valence-corrected chi connectivity index (χ0v) is 30.6. The highest BCUT2D eigenvalue weighted by atomic mass is 28.3. The van der Waals surface area contributed by atoms with Crippen molar-refractivity contribution in [3.63, 3.8) is 0 Å². The average Bonchev–Trinajstić information content (AvgIpc) is 3.23. The SMILES string of the molecule is C[SiH]1c2ccccc2C2(c3ccccc3Oc3ccccc32)c2cccc(N(c3ccc(-c4ccccc4)cc3)c3ccc(-c4ccccc4)cc3)c21. The van der Waals surface area contributed by atoms with Gasteiger partial charge in [-0.25, -0.2) is 0 Å². The van der Waals surface area contributed by atoms with E-state index in [4.69, 9.17) is 4.74 Å². The van der Waals surface area contributed by atoms with Crippen LogP contribution < -0.4 is 20.0 Å². The van der Waals surface area contributed by atoms with E-state index >= 15 is 0 Å². The summed E-state index contributed by atoms with van der Waals surface area (Å²) in [6.07, 6.45) is 0. The molecule has 8 aromatic rings. The summed E-state index contributed by atoms with van der Waals surface area (Å²) in [7, 11) is -1.76.